The Balaban J connectivity index is 2.37. The number of carbonyl (C=O) groups excluding carboxylic acids is 1. The average molecular weight is 263 g/mol. The quantitative estimate of drug-likeness (QED) is 0.793. The van der Waals surface area contributed by atoms with Gasteiger partial charge in [0.1, 0.15) is 0 Å². The zero-order valence-electron chi connectivity index (χ0n) is 12.3. The molecule has 2 N–H and O–H groups in total. The fourth-order valence-electron chi connectivity index (χ4n) is 1.84. The van der Waals surface area contributed by atoms with E-state index in [0.717, 1.165) is 18.5 Å². The van der Waals surface area contributed by atoms with Gasteiger partial charge in [0.2, 0.25) is 5.91 Å². The van der Waals surface area contributed by atoms with Crippen LogP contribution in [0.2, 0.25) is 0 Å². The van der Waals surface area contributed by atoms with Gasteiger partial charge in [-0.3, -0.25) is 15.1 Å². The summed E-state index contributed by atoms with van der Waals surface area (Å²) >= 11 is 0. The van der Waals surface area contributed by atoms with E-state index in [4.69, 9.17) is 0 Å². The van der Waals surface area contributed by atoms with E-state index in [1.165, 1.54) is 0 Å². The molecule has 0 aromatic carbocycles. The molecular formula is C15H25N3O. The van der Waals surface area contributed by atoms with Crippen LogP contribution in [0.1, 0.15) is 45.7 Å². The van der Waals surface area contributed by atoms with Gasteiger partial charge in [-0.2, -0.15) is 0 Å². The Morgan fingerprint density at radius 3 is 2.42 bits per heavy atom. The molecule has 1 heterocycles. The molecule has 2 atom stereocenters. The smallest absolute Gasteiger partial charge is 0.236 e. The van der Waals surface area contributed by atoms with Crippen molar-refractivity contribution < 1.29 is 4.79 Å². The van der Waals surface area contributed by atoms with Crippen LogP contribution in [0.5, 0.6) is 0 Å². The van der Waals surface area contributed by atoms with Crippen molar-refractivity contribution in [3.8, 4) is 0 Å². The summed E-state index contributed by atoms with van der Waals surface area (Å²) in [7, 11) is 0. The molecule has 4 heteroatoms. The molecule has 0 aliphatic rings. The number of aromatic nitrogens is 1. The maximum atomic E-state index is 11.9. The Labute approximate surface area is 116 Å². The van der Waals surface area contributed by atoms with Gasteiger partial charge in [0, 0.05) is 25.0 Å². The lowest BCUT2D eigenvalue weighted by Gasteiger charge is -2.20. The van der Waals surface area contributed by atoms with Gasteiger partial charge in [-0.15, -0.1) is 0 Å². The topological polar surface area (TPSA) is 54.0 Å². The van der Waals surface area contributed by atoms with Crippen LogP contribution < -0.4 is 10.6 Å². The minimum absolute atomic E-state index is 0.0570. The van der Waals surface area contributed by atoms with E-state index in [-0.39, 0.29) is 18.0 Å². The minimum Gasteiger partial charge on any atom is -0.355 e. The highest BCUT2D eigenvalue weighted by molar-refractivity contribution is 5.81. The van der Waals surface area contributed by atoms with E-state index in [2.05, 4.69) is 29.5 Å². The number of carbonyl (C=O) groups is 1. The average Bonchev–Trinajstić information content (AvgIpc) is 2.39. The summed E-state index contributed by atoms with van der Waals surface area (Å²) in [6.45, 7) is 8.99. The van der Waals surface area contributed by atoms with Gasteiger partial charge in [0.25, 0.3) is 0 Å². The van der Waals surface area contributed by atoms with Crippen molar-refractivity contribution in [3.63, 3.8) is 0 Å². The third-order valence-electron chi connectivity index (χ3n) is 3.12. The SMILES string of the molecule is CC(C)CCNC(=O)C(C)NC(C)c1ccncc1. The zero-order valence-corrected chi connectivity index (χ0v) is 12.3. The van der Waals surface area contributed by atoms with Crippen LogP contribution in [0, 0.1) is 5.92 Å². The highest BCUT2D eigenvalue weighted by atomic mass is 16.2. The summed E-state index contributed by atoms with van der Waals surface area (Å²) in [4.78, 5) is 15.9. The molecule has 2 unspecified atom stereocenters. The zero-order chi connectivity index (χ0) is 14.3. The predicted molar refractivity (Wildman–Crippen MR) is 77.7 cm³/mol. The molecule has 0 saturated heterocycles. The van der Waals surface area contributed by atoms with Crippen molar-refractivity contribution >= 4 is 5.91 Å². The van der Waals surface area contributed by atoms with Crippen LogP contribution in [0.15, 0.2) is 24.5 Å². The predicted octanol–water partition coefficient (Wildman–Crippen LogP) is 2.28. The first-order chi connectivity index (χ1) is 9.00. The van der Waals surface area contributed by atoms with Crippen molar-refractivity contribution in [2.45, 2.75) is 46.2 Å². The first kappa shape index (κ1) is 15.6. The third-order valence-corrected chi connectivity index (χ3v) is 3.12. The number of rotatable bonds is 7. The molecule has 19 heavy (non-hydrogen) atoms. The normalized spacial score (nSPS) is 14.2. The van der Waals surface area contributed by atoms with Gasteiger partial charge in [-0.1, -0.05) is 13.8 Å². The number of pyridine rings is 1. The van der Waals surface area contributed by atoms with Gasteiger partial charge in [0.15, 0.2) is 0 Å². The lowest BCUT2D eigenvalue weighted by Crippen LogP contribution is -2.43. The van der Waals surface area contributed by atoms with Crippen LogP contribution in [-0.2, 0) is 4.79 Å². The highest BCUT2D eigenvalue weighted by Crippen LogP contribution is 2.10. The molecule has 1 aromatic rings. The molecule has 0 bridgehead atoms. The molecule has 0 spiro atoms. The van der Waals surface area contributed by atoms with E-state index in [1.54, 1.807) is 12.4 Å². The Hall–Kier alpha value is -1.42. The van der Waals surface area contributed by atoms with Crippen molar-refractivity contribution in [1.82, 2.24) is 15.6 Å². The van der Waals surface area contributed by atoms with Crippen molar-refractivity contribution in [2.24, 2.45) is 5.92 Å². The summed E-state index contributed by atoms with van der Waals surface area (Å²) in [6.07, 6.45) is 4.54. The maximum absolute atomic E-state index is 11.9. The summed E-state index contributed by atoms with van der Waals surface area (Å²) in [6, 6.07) is 3.85. The Morgan fingerprint density at radius 2 is 1.84 bits per heavy atom. The molecule has 0 aliphatic heterocycles. The molecule has 0 fully saturated rings. The van der Waals surface area contributed by atoms with E-state index in [0.29, 0.717) is 5.92 Å². The second-order valence-corrected chi connectivity index (χ2v) is 5.36. The van der Waals surface area contributed by atoms with Crippen molar-refractivity contribution in [2.75, 3.05) is 6.54 Å². The molecule has 1 aromatic heterocycles. The molecule has 1 amide bonds. The fourth-order valence-corrected chi connectivity index (χ4v) is 1.84. The Morgan fingerprint density at radius 1 is 1.21 bits per heavy atom. The number of hydrogen-bond donors (Lipinski definition) is 2. The number of hydrogen-bond acceptors (Lipinski definition) is 3. The summed E-state index contributed by atoms with van der Waals surface area (Å²) < 4.78 is 0. The van der Waals surface area contributed by atoms with Gasteiger partial charge < -0.3 is 5.32 Å². The lowest BCUT2D eigenvalue weighted by molar-refractivity contribution is -0.122. The first-order valence-electron chi connectivity index (χ1n) is 6.94. The highest BCUT2D eigenvalue weighted by Gasteiger charge is 2.15. The Bertz CT molecular complexity index is 378. The molecule has 1 rings (SSSR count). The van der Waals surface area contributed by atoms with Crippen LogP contribution in [0.25, 0.3) is 0 Å². The first-order valence-corrected chi connectivity index (χ1v) is 6.94. The van der Waals surface area contributed by atoms with Gasteiger partial charge in [-0.05, 0) is 43.9 Å². The van der Waals surface area contributed by atoms with E-state index in [9.17, 15) is 4.79 Å². The second-order valence-electron chi connectivity index (χ2n) is 5.36. The molecule has 0 saturated carbocycles. The summed E-state index contributed by atoms with van der Waals surface area (Å²) in [5, 5.41) is 6.25. The number of amides is 1. The summed E-state index contributed by atoms with van der Waals surface area (Å²) in [5.41, 5.74) is 1.14. The summed E-state index contributed by atoms with van der Waals surface area (Å²) in [5.74, 6) is 0.667. The van der Waals surface area contributed by atoms with Crippen LogP contribution in [-0.4, -0.2) is 23.5 Å². The number of nitrogens with zero attached hydrogens (tertiary/aromatic N) is 1. The molecule has 4 nitrogen and oxygen atoms in total. The van der Waals surface area contributed by atoms with E-state index in [1.807, 2.05) is 26.0 Å². The van der Waals surface area contributed by atoms with Crippen LogP contribution >= 0.6 is 0 Å². The molecule has 106 valence electrons. The monoisotopic (exact) mass is 263 g/mol. The second kappa shape index (κ2) is 7.89. The largest absolute Gasteiger partial charge is 0.355 e. The Kier molecular flexibility index (Phi) is 6.50. The van der Waals surface area contributed by atoms with E-state index >= 15 is 0 Å². The maximum Gasteiger partial charge on any atom is 0.236 e. The van der Waals surface area contributed by atoms with Gasteiger partial charge >= 0.3 is 0 Å². The molecule has 0 radical (unpaired) electrons. The van der Waals surface area contributed by atoms with Gasteiger partial charge in [0.05, 0.1) is 6.04 Å². The van der Waals surface area contributed by atoms with Crippen molar-refractivity contribution in [1.29, 1.82) is 0 Å². The van der Waals surface area contributed by atoms with Crippen LogP contribution in [0.3, 0.4) is 0 Å². The van der Waals surface area contributed by atoms with E-state index < -0.39 is 0 Å². The third kappa shape index (κ3) is 5.83. The van der Waals surface area contributed by atoms with Gasteiger partial charge in [-0.25, -0.2) is 0 Å². The number of nitrogens with one attached hydrogen (secondary N) is 2. The molecule has 0 aliphatic carbocycles. The fraction of sp³-hybridized carbons (Fsp3) is 0.600. The molecular weight excluding hydrogens is 238 g/mol. The minimum atomic E-state index is -0.199. The van der Waals surface area contributed by atoms with Crippen LogP contribution in [0.4, 0.5) is 0 Å². The standard InChI is InChI=1S/C15H25N3O/c1-11(2)5-10-17-15(19)13(4)18-12(3)14-6-8-16-9-7-14/h6-9,11-13,18H,5,10H2,1-4H3,(H,17,19). The van der Waals surface area contributed by atoms with Crippen molar-refractivity contribution in [3.05, 3.63) is 30.1 Å². The lowest BCUT2D eigenvalue weighted by atomic mass is 10.1.